The minimum absolute atomic E-state index is 0.175. The Morgan fingerprint density at radius 1 is 1.63 bits per heavy atom. The zero-order valence-corrected chi connectivity index (χ0v) is 11.4. The SMILES string of the molecule is C#Cc1nc(C(=O)N2CCCC(C(=O)OC)C2)cs1. The number of carbonyl (C=O) groups is 2. The average Bonchev–Trinajstić information content (AvgIpc) is 2.94. The van der Waals surface area contributed by atoms with Crippen molar-refractivity contribution in [2.24, 2.45) is 5.92 Å². The smallest absolute Gasteiger partial charge is 0.310 e. The van der Waals surface area contributed by atoms with E-state index in [-0.39, 0.29) is 17.8 Å². The number of hydrogen-bond donors (Lipinski definition) is 0. The van der Waals surface area contributed by atoms with E-state index >= 15 is 0 Å². The Bertz CT molecular complexity index is 532. The summed E-state index contributed by atoms with van der Waals surface area (Å²) in [5.41, 5.74) is 0.350. The van der Waals surface area contributed by atoms with Crippen LogP contribution in [0.15, 0.2) is 5.38 Å². The number of rotatable bonds is 2. The number of amides is 1. The minimum Gasteiger partial charge on any atom is -0.469 e. The molecule has 0 bridgehead atoms. The maximum absolute atomic E-state index is 12.2. The number of esters is 1. The van der Waals surface area contributed by atoms with Crippen LogP contribution in [0.1, 0.15) is 28.3 Å². The van der Waals surface area contributed by atoms with Crippen molar-refractivity contribution in [3.63, 3.8) is 0 Å². The molecule has 1 saturated heterocycles. The van der Waals surface area contributed by atoms with Crippen LogP contribution in [0.5, 0.6) is 0 Å². The topological polar surface area (TPSA) is 59.5 Å². The van der Waals surface area contributed by atoms with Crippen molar-refractivity contribution < 1.29 is 14.3 Å². The summed E-state index contributed by atoms with van der Waals surface area (Å²) in [4.78, 5) is 29.5. The number of hydrogen-bond acceptors (Lipinski definition) is 5. The number of terminal acetylenes is 1. The molecule has 1 aromatic rings. The van der Waals surface area contributed by atoms with Gasteiger partial charge in [0.25, 0.3) is 5.91 Å². The first kappa shape index (κ1) is 13.6. The molecule has 100 valence electrons. The molecular formula is C13H14N2O3S. The number of likely N-dealkylation sites (tertiary alicyclic amines) is 1. The second-order valence-electron chi connectivity index (χ2n) is 4.30. The van der Waals surface area contributed by atoms with E-state index < -0.39 is 0 Å². The molecule has 2 rings (SSSR count). The molecule has 0 N–H and O–H groups in total. The number of carbonyl (C=O) groups excluding carboxylic acids is 2. The molecule has 1 aliphatic rings. The van der Waals surface area contributed by atoms with Gasteiger partial charge in [0.2, 0.25) is 0 Å². The summed E-state index contributed by atoms with van der Waals surface area (Å²) in [6, 6.07) is 0. The van der Waals surface area contributed by atoms with Crippen LogP contribution in [0.25, 0.3) is 0 Å². The molecule has 1 amide bonds. The molecule has 0 aromatic carbocycles. The summed E-state index contributed by atoms with van der Waals surface area (Å²) in [6.07, 6.45) is 6.78. The van der Waals surface area contributed by atoms with E-state index in [0.29, 0.717) is 23.8 Å². The average molecular weight is 278 g/mol. The van der Waals surface area contributed by atoms with Gasteiger partial charge in [-0.25, -0.2) is 4.98 Å². The third kappa shape index (κ3) is 2.93. The van der Waals surface area contributed by atoms with Gasteiger partial charge in [-0.3, -0.25) is 9.59 Å². The van der Waals surface area contributed by atoms with Crippen LogP contribution in [0.3, 0.4) is 0 Å². The Kier molecular flexibility index (Phi) is 4.17. The molecule has 1 unspecified atom stereocenters. The lowest BCUT2D eigenvalue weighted by Crippen LogP contribution is -2.42. The van der Waals surface area contributed by atoms with Gasteiger partial charge < -0.3 is 9.64 Å². The van der Waals surface area contributed by atoms with Crippen molar-refractivity contribution in [3.05, 3.63) is 16.1 Å². The molecule has 1 atom stereocenters. The van der Waals surface area contributed by atoms with Crippen LogP contribution >= 0.6 is 11.3 Å². The summed E-state index contributed by atoms with van der Waals surface area (Å²) in [5.74, 6) is 1.72. The molecule has 1 fully saturated rings. The zero-order valence-electron chi connectivity index (χ0n) is 10.6. The first-order chi connectivity index (χ1) is 9.15. The Labute approximate surface area is 115 Å². The molecule has 1 aromatic heterocycles. The van der Waals surface area contributed by atoms with Crippen LogP contribution in [0, 0.1) is 18.3 Å². The molecule has 0 aliphatic carbocycles. The lowest BCUT2D eigenvalue weighted by Gasteiger charge is -2.30. The van der Waals surface area contributed by atoms with Crippen molar-refractivity contribution in [1.82, 2.24) is 9.88 Å². The van der Waals surface area contributed by atoms with Crippen LogP contribution in [0.2, 0.25) is 0 Å². The van der Waals surface area contributed by atoms with Crippen molar-refractivity contribution in [2.75, 3.05) is 20.2 Å². The van der Waals surface area contributed by atoms with Gasteiger partial charge in [-0.05, 0) is 18.8 Å². The third-order valence-corrected chi connectivity index (χ3v) is 3.86. The molecular weight excluding hydrogens is 264 g/mol. The predicted molar refractivity (Wildman–Crippen MR) is 70.7 cm³/mol. The molecule has 0 spiro atoms. The first-order valence-electron chi connectivity index (χ1n) is 5.95. The summed E-state index contributed by atoms with van der Waals surface area (Å²) in [6.45, 7) is 1.02. The number of aromatic nitrogens is 1. The van der Waals surface area contributed by atoms with Crippen LogP contribution < -0.4 is 0 Å². The Hall–Kier alpha value is -1.87. The second kappa shape index (κ2) is 5.85. The molecule has 5 nitrogen and oxygen atoms in total. The van der Waals surface area contributed by atoms with E-state index in [2.05, 4.69) is 10.9 Å². The van der Waals surface area contributed by atoms with E-state index in [1.54, 1.807) is 10.3 Å². The molecule has 0 radical (unpaired) electrons. The summed E-state index contributed by atoms with van der Waals surface area (Å²) in [5, 5.41) is 2.14. The zero-order chi connectivity index (χ0) is 13.8. The molecule has 19 heavy (non-hydrogen) atoms. The van der Waals surface area contributed by atoms with E-state index in [1.165, 1.54) is 18.4 Å². The maximum atomic E-state index is 12.2. The van der Waals surface area contributed by atoms with Gasteiger partial charge in [0.15, 0.2) is 5.01 Å². The highest BCUT2D eigenvalue weighted by Gasteiger charge is 2.30. The van der Waals surface area contributed by atoms with Gasteiger partial charge in [-0.15, -0.1) is 17.8 Å². The Balaban J connectivity index is 2.07. The number of ether oxygens (including phenoxy) is 1. The lowest BCUT2D eigenvalue weighted by molar-refractivity contribution is -0.146. The fourth-order valence-corrected chi connectivity index (χ4v) is 2.72. The van der Waals surface area contributed by atoms with Gasteiger partial charge in [0, 0.05) is 18.5 Å². The van der Waals surface area contributed by atoms with Gasteiger partial charge >= 0.3 is 5.97 Å². The van der Waals surface area contributed by atoms with E-state index in [0.717, 1.165) is 12.8 Å². The number of piperidine rings is 1. The van der Waals surface area contributed by atoms with E-state index in [4.69, 9.17) is 11.2 Å². The lowest BCUT2D eigenvalue weighted by atomic mass is 9.98. The van der Waals surface area contributed by atoms with Gasteiger partial charge in [-0.2, -0.15) is 0 Å². The monoisotopic (exact) mass is 278 g/mol. The van der Waals surface area contributed by atoms with Crippen LogP contribution in [-0.2, 0) is 9.53 Å². The molecule has 2 heterocycles. The highest BCUT2D eigenvalue weighted by atomic mass is 32.1. The highest BCUT2D eigenvalue weighted by Crippen LogP contribution is 2.20. The van der Waals surface area contributed by atoms with Gasteiger partial charge in [0.1, 0.15) is 5.69 Å². The van der Waals surface area contributed by atoms with E-state index in [1.807, 2.05) is 0 Å². The van der Waals surface area contributed by atoms with Crippen molar-refractivity contribution >= 4 is 23.2 Å². The van der Waals surface area contributed by atoms with Gasteiger partial charge in [0.05, 0.1) is 13.0 Å². The second-order valence-corrected chi connectivity index (χ2v) is 5.15. The fraction of sp³-hybridized carbons (Fsp3) is 0.462. The predicted octanol–water partition coefficient (Wildman–Crippen LogP) is 1.15. The van der Waals surface area contributed by atoms with Crippen molar-refractivity contribution in [3.8, 4) is 12.3 Å². The molecule has 0 saturated carbocycles. The van der Waals surface area contributed by atoms with E-state index in [9.17, 15) is 9.59 Å². The summed E-state index contributed by atoms with van der Waals surface area (Å²) < 4.78 is 4.73. The van der Waals surface area contributed by atoms with Gasteiger partial charge in [-0.1, -0.05) is 0 Å². The normalized spacial score (nSPS) is 18.7. The largest absolute Gasteiger partial charge is 0.469 e. The summed E-state index contributed by atoms with van der Waals surface area (Å²) >= 11 is 1.27. The Morgan fingerprint density at radius 3 is 3.05 bits per heavy atom. The fourth-order valence-electron chi connectivity index (χ4n) is 2.12. The molecule has 1 aliphatic heterocycles. The third-order valence-electron chi connectivity index (χ3n) is 3.09. The first-order valence-corrected chi connectivity index (χ1v) is 6.83. The number of thiazole rings is 1. The summed E-state index contributed by atoms with van der Waals surface area (Å²) in [7, 11) is 1.36. The maximum Gasteiger partial charge on any atom is 0.310 e. The highest BCUT2D eigenvalue weighted by molar-refractivity contribution is 7.10. The Morgan fingerprint density at radius 2 is 2.42 bits per heavy atom. The van der Waals surface area contributed by atoms with Crippen molar-refractivity contribution in [1.29, 1.82) is 0 Å². The van der Waals surface area contributed by atoms with Crippen LogP contribution in [0.4, 0.5) is 0 Å². The number of methoxy groups -OCH3 is 1. The van der Waals surface area contributed by atoms with Crippen molar-refractivity contribution in [2.45, 2.75) is 12.8 Å². The standard InChI is InChI=1S/C13H14N2O3S/c1-3-11-14-10(8-19-11)12(16)15-6-4-5-9(7-15)13(17)18-2/h1,8-9H,4-7H2,2H3. The minimum atomic E-state index is -0.264. The molecule has 6 heteroatoms. The van der Waals surface area contributed by atoms with Crippen LogP contribution in [-0.4, -0.2) is 42.0 Å². The number of nitrogens with zero attached hydrogens (tertiary/aromatic N) is 2. The quantitative estimate of drug-likeness (QED) is 0.601.